The Morgan fingerprint density at radius 2 is 1.93 bits per heavy atom. The lowest BCUT2D eigenvalue weighted by Crippen LogP contribution is -2.11. The molecule has 0 amide bonds. The molecule has 0 fully saturated rings. The van der Waals surface area contributed by atoms with Crippen LogP contribution < -0.4 is 8.92 Å². The van der Waals surface area contributed by atoms with Gasteiger partial charge in [0.25, 0.3) is 0 Å². The van der Waals surface area contributed by atoms with Crippen molar-refractivity contribution in [2.24, 2.45) is 0 Å². The van der Waals surface area contributed by atoms with Gasteiger partial charge < -0.3 is 13.7 Å². The molecule has 8 nitrogen and oxygen atoms in total. The molecule has 0 aliphatic rings. The molecular formula is C17H14N2O6S2. The summed E-state index contributed by atoms with van der Waals surface area (Å²) in [5.41, 5.74) is 1.33. The van der Waals surface area contributed by atoms with Gasteiger partial charge in [0.15, 0.2) is 11.5 Å². The van der Waals surface area contributed by atoms with Crippen molar-refractivity contribution >= 4 is 44.9 Å². The summed E-state index contributed by atoms with van der Waals surface area (Å²) in [4.78, 5) is 11.1. The third kappa shape index (κ3) is 4.07. The van der Waals surface area contributed by atoms with E-state index in [-0.39, 0.29) is 21.9 Å². The normalized spacial score (nSPS) is 11.6. The highest BCUT2D eigenvalue weighted by atomic mass is 32.2. The maximum absolute atomic E-state index is 12.7. The summed E-state index contributed by atoms with van der Waals surface area (Å²) < 4.78 is 48.4. The maximum atomic E-state index is 12.7. The van der Waals surface area contributed by atoms with E-state index in [0.29, 0.717) is 11.1 Å². The van der Waals surface area contributed by atoms with Crippen molar-refractivity contribution in [2.75, 3.05) is 14.2 Å². The predicted molar refractivity (Wildman–Crippen MR) is 99.3 cm³/mol. The standard InChI is InChI=1S/C17H14N2O6S2/c1-23-14-10-11(7-9-16(20)24-2)6-8-13(14)25-27(21,22)15-5-3-4-12-17(15)19-26-18-12/h3-10H,1-2H3. The zero-order valence-electron chi connectivity index (χ0n) is 14.3. The van der Waals surface area contributed by atoms with Gasteiger partial charge in [-0.15, -0.1) is 0 Å². The number of hydrogen-bond donors (Lipinski definition) is 0. The minimum Gasteiger partial charge on any atom is -0.493 e. The number of nitrogens with zero attached hydrogens (tertiary/aromatic N) is 2. The Morgan fingerprint density at radius 3 is 2.67 bits per heavy atom. The third-order valence-corrected chi connectivity index (χ3v) is 5.33. The van der Waals surface area contributed by atoms with Crippen molar-refractivity contribution < 1.29 is 26.9 Å². The fourth-order valence-electron chi connectivity index (χ4n) is 2.24. The van der Waals surface area contributed by atoms with Gasteiger partial charge in [-0.05, 0) is 35.9 Å². The Kier molecular flexibility index (Phi) is 5.38. The summed E-state index contributed by atoms with van der Waals surface area (Å²) in [6, 6.07) is 9.19. The lowest BCUT2D eigenvalue weighted by Gasteiger charge is -2.11. The number of carbonyl (C=O) groups excluding carboxylic acids is 1. The summed E-state index contributed by atoms with van der Waals surface area (Å²) in [5, 5.41) is 0. The monoisotopic (exact) mass is 406 g/mol. The molecule has 0 saturated heterocycles. The predicted octanol–water partition coefficient (Wildman–Crippen LogP) is 2.65. The van der Waals surface area contributed by atoms with Gasteiger partial charge in [-0.3, -0.25) is 0 Å². The van der Waals surface area contributed by atoms with E-state index in [4.69, 9.17) is 8.92 Å². The minimum absolute atomic E-state index is 0.00732. The first-order valence-corrected chi connectivity index (χ1v) is 9.68. The highest BCUT2D eigenvalue weighted by molar-refractivity contribution is 7.87. The molecule has 10 heteroatoms. The van der Waals surface area contributed by atoms with Gasteiger partial charge in [-0.2, -0.15) is 17.2 Å². The number of carbonyl (C=O) groups is 1. The van der Waals surface area contributed by atoms with Crippen LogP contribution in [0.25, 0.3) is 17.1 Å². The second-order valence-electron chi connectivity index (χ2n) is 5.19. The molecule has 1 heterocycles. The second-order valence-corrected chi connectivity index (χ2v) is 7.24. The Hall–Kier alpha value is -2.98. The Bertz CT molecular complexity index is 1120. The number of benzene rings is 2. The van der Waals surface area contributed by atoms with Crippen molar-refractivity contribution in [3.63, 3.8) is 0 Å². The molecule has 140 valence electrons. The number of ether oxygens (including phenoxy) is 2. The van der Waals surface area contributed by atoms with Crippen molar-refractivity contribution in [2.45, 2.75) is 4.90 Å². The maximum Gasteiger partial charge on any atom is 0.341 e. The molecule has 0 atom stereocenters. The van der Waals surface area contributed by atoms with E-state index in [1.807, 2.05) is 0 Å². The molecule has 3 aromatic rings. The molecular weight excluding hydrogens is 392 g/mol. The average molecular weight is 406 g/mol. The van der Waals surface area contributed by atoms with Crippen LogP contribution in [0, 0.1) is 0 Å². The molecule has 0 radical (unpaired) electrons. The number of methoxy groups -OCH3 is 2. The number of hydrogen-bond acceptors (Lipinski definition) is 9. The highest BCUT2D eigenvalue weighted by Crippen LogP contribution is 2.32. The van der Waals surface area contributed by atoms with Crippen molar-refractivity contribution in [1.82, 2.24) is 8.75 Å². The lowest BCUT2D eigenvalue weighted by molar-refractivity contribution is -0.134. The van der Waals surface area contributed by atoms with Gasteiger partial charge in [-0.25, -0.2) is 4.79 Å². The summed E-state index contributed by atoms with van der Waals surface area (Å²) in [7, 11) is -1.50. The summed E-state index contributed by atoms with van der Waals surface area (Å²) >= 11 is 0.919. The first kappa shape index (κ1) is 18.8. The topological polar surface area (TPSA) is 105 Å². The number of esters is 1. The van der Waals surface area contributed by atoms with Crippen LogP contribution in [0.4, 0.5) is 0 Å². The zero-order chi connectivity index (χ0) is 19.4. The van der Waals surface area contributed by atoms with Crippen molar-refractivity contribution in [3.05, 3.63) is 48.0 Å². The van der Waals surface area contributed by atoms with Gasteiger partial charge in [0, 0.05) is 6.08 Å². The van der Waals surface area contributed by atoms with Gasteiger partial charge in [0.2, 0.25) is 0 Å². The van der Waals surface area contributed by atoms with E-state index in [0.717, 1.165) is 11.7 Å². The van der Waals surface area contributed by atoms with Gasteiger partial charge in [0.1, 0.15) is 15.9 Å². The summed E-state index contributed by atoms with van der Waals surface area (Å²) in [5.74, 6) is -0.316. The molecule has 27 heavy (non-hydrogen) atoms. The fourth-order valence-corrected chi connectivity index (χ4v) is 3.94. The van der Waals surface area contributed by atoms with Crippen molar-refractivity contribution in [1.29, 1.82) is 0 Å². The fraction of sp³-hybridized carbons (Fsp3) is 0.118. The Labute approximate surface area is 159 Å². The van der Waals surface area contributed by atoms with Crippen LogP contribution in [-0.2, 0) is 19.6 Å². The van der Waals surface area contributed by atoms with Crippen LogP contribution in [0.3, 0.4) is 0 Å². The number of rotatable bonds is 6. The smallest absolute Gasteiger partial charge is 0.341 e. The Morgan fingerprint density at radius 1 is 1.11 bits per heavy atom. The Balaban J connectivity index is 1.93. The summed E-state index contributed by atoms with van der Waals surface area (Å²) in [6.07, 6.45) is 2.75. The molecule has 0 unspecified atom stereocenters. The molecule has 0 spiro atoms. The zero-order valence-corrected chi connectivity index (χ0v) is 15.9. The van der Waals surface area contributed by atoms with Gasteiger partial charge >= 0.3 is 16.1 Å². The van der Waals surface area contributed by atoms with E-state index >= 15 is 0 Å². The van der Waals surface area contributed by atoms with E-state index in [1.165, 1.54) is 44.6 Å². The first-order valence-electron chi connectivity index (χ1n) is 7.54. The molecule has 1 aromatic heterocycles. The molecule has 3 rings (SSSR count). The number of fused-ring (bicyclic) bond motifs is 1. The molecule has 0 aliphatic heterocycles. The van der Waals surface area contributed by atoms with Crippen molar-refractivity contribution in [3.8, 4) is 11.5 Å². The van der Waals surface area contributed by atoms with E-state index in [2.05, 4.69) is 13.5 Å². The van der Waals surface area contributed by atoms with Gasteiger partial charge in [0.05, 0.1) is 25.9 Å². The highest BCUT2D eigenvalue weighted by Gasteiger charge is 2.23. The molecule has 0 N–H and O–H groups in total. The van der Waals surface area contributed by atoms with Crippen LogP contribution in [0.2, 0.25) is 0 Å². The quantitative estimate of drug-likeness (QED) is 0.350. The lowest BCUT2D eigenvalue weighted by atomic mass is 10.2. The van der Waals surface area contributed by atoms with E-state index in [9.17, 15) is 13.2 Å². The summed E-state index contributed by atoms with van der Waals surface area (Å²) in [6.45, 7) is 0. The SMILES string of the molecule is COC(=O)C=Cc1ccc(OS(=O)(=O)c2cccc3nsnc23)c(OC)c1. The largest absolute Gasteiger partial charge is 0.493 e. The van der Waals surface area contributed by atoms with Crippen LogP contribution in [-0.4, -0.2) is 37.4 Å². The molecule has 0 aliphatic carbocycles. The first-order chi connectivity index (χ1) is 12.9. The van der Waals surface area contributed by atoms with E-state index in [1.54, 1.807) is 18.2 Å². The molecule has 0 bridgehead atoms. The second kappa shape index (κ2) is 7.72. The average Bonchev–Trinajstić information content (AvgIpc) is 3.15. The van der Waals surface area contributed by atoms with Crippen LogP contribution in [0.5, 0.6) is 11.5 Å². The molecule has 2 aromatic carbocycles. The van der Waals surface area contributed by atoms with Crippen LogP contribution in [0.15, 0.2) is 47.4 Å². The minimum atomic E-state index is -4.15. The van der Waals surface area contributed by atoms with Gasteiger partial charge in [-0.1, -0.05) is 12.1 Å². The number of aromatic nitrogens is 2. The third-order valence-electron chi connectivity index (χ3n) is 3.52. The van der Waals surface area contributed by atoms with Crippen LogP contribution >= 0.6 is 11.7 Å². The van der Waals surface area contributed by atoms with E-state index < -0.39 is 16.1 Å². The molecule has 0 saturated carbocycles. The van der Waals surface area contributed by atoms with Crippen LogP contribution in [0.1, 0.15) is 5.56 Å².